The van der Waals surface area contributed by atoms with Gasteiger partial charge in [0, 0.05) is 13.0 Å². The molecule has 4 nitrogen and oxygen atoms in total. The lowest BCUT2D eigenvalue weighted by Crippen LogP contribution is -2.30. The fourth-order valence-electron chi connectivity index (χ4n) is 2.68. The first-order valence-corrected chi connectivity index (χ1v) is 9.10. The predicted molar refractivity (Wildman–Crippen MR) is 104 cm³/mol. The Hall–Kier alpha value is -2.33. The second kappa shape index (κ2) is 9.97. The number of aryl methyl sites for hydroxylation is 1. The van der Waals surface area contributed by atoms with Crippen molar-refractivity contribution >= 4 is 5.97 Å². The number of hydrogen-bond donors (Lipinski definition) is 0. The molecule has 2 rings (SSSR count). The molecule has 0 radical (unpaired) electrons. The molecule has 2 aromatic carbocycles. The number of likely N-dealkylation sites (N-methyl/N-ethyl adjacent to an activating group) is 1. The minimum absolute atomic E-state index is 0.0672. The molecule has 0 aromatic heterocycles. The van der Waals surface area contributed by atoms with Crippen LogP contribution < -0.4 is 4.74 Å². The molecule has 0 amide bonds. The predicted octanol–water partition coefficient (Wildman–Crippen LogP) is 4.39. The first kappa shape index (κ1) is 20.0. The van der Waals surface area contributed by atoms with Crippen LogP contribution in [-0.4, -0.2) is 37.1 Å². The summed E-state index contributed by atoms with van der Waals surface area (Å²) in [7, 11) is 1.93. The molecule has 0 heterocycles. The maximum Gasteiger partial charge on any atom is 0.320 e. The van der Waals surface area contributed by atoms with Crippen LogP contribution in [0.5, 0.6) is 5.75 Å². The van der Waals surface area contributed by atoms with Crippen LogP contribution in [0.3, 0.4) is 0 Å². The van der Waals surface area contributed by atoms with Crippen LogP contribution in [-0.2, 0) is 9.53 Å². The van der Waals surface area contributed by atoms with Crippen molar-refractivity contribution in [3.05, 3.63) is 65.7 Å². The molecule has 0 saturated heterocycles. The van der Waals surface area contributed by atoms with Gasteiger partial charge in [0.15, 0.2) is 0 Å². The quantitative estimate of drug-likeness (QED) is 0.626. The Morgan fingerprint density at radius 1 is 1.04 bits per heavy atom. The number of nitrogens with zero attached hydrogens (tertiary/aromatic N) is 1. The lowest BCUT2D eigenvalue weighted by Gasteiger charge is -2.23. The van der Waals surface area contributed by atoms with E-state index in [1.807, 2.05) is 68.3 Å². The van der Waals surface area contributed by atoms with Crippen LogP contribution in [0.1, 0.15) is 37.5 Å². The largest absolute Gasteiger partial charge is 0.486 e. The molecule has 0 N–H and O–H groups in total. The summed E-state index contributed by atoms with van der Waals surface area (Å²) in [6.07, 6.45) is 0.629. The lowest BCUT2D eigenvalue weighted by atomic mass is 10.1. The highest BCUT2D eigenvalue weighted by Gasteiger charge is 2.16. The summed E-state index contributed by atoms with van der Waals surface area (Å²) in [4.78, 5) is 13.8. The fourth-order valence-corrected chi connectivity index (χ4v) is 2.68. The second-order valence-electron chi connectivity index (χ2n) is 6.90. The van der Waals surface area contributed by atoms with Gasteiger partial charge in [-0.3, -0.25) is 9.69 Å². The molecule has 0 aliphatic heterocycles. The number of benzene rings is 2. The van der Waals surface area contributed by atoms with Crippen molar-refractivity contribution in [3.8, 4) is 5.75 Å². The molecule has 0 fully saturated rings. The lowest BCUT2D eigenvalue weighted by molar-refractivity contribution is -0.148. The van der Waals surface area contributed by atoms with Crippen molar-refractivity contribution in [1.29, 1.82) is 0 Å². The first-order valence-electron chi connectivity index (χ1n) is 9.10. The van der Waals surface area contributed by atoms with Crippen molar-refractivity contribution in [2.75, 3.05) is 20.1 Å². The number of hydrogen-bond acceptors (Lipinski definition) is 4. The Labute approximate surface area is 156 Å². The Kier molecular flexibility index (Phi) is 7.67. The summed E-state index contributed by atoms with van der Waals surface area (Å²) in [5.41, 5.74) is 2.34. The summed E-state index contributed by atoms with van der Waals surface area (Å²) in [6.45, 7) is 6.80. The Morgan fingerprint density at radius 3 is 2.31 bits per heavy atom. The number of ether oxygens (including phenoxy) is 2. The molecule has 1 atom stereocenters. The third-order valence-electron chi connectivity index (χ3n) is 4.01. The van der Waals surface area contributed by atoms with Gasteiger partial charge in [-0.2, -0.15) is 0 Å². The molecule has 26 heavy (non-hydrogen) atoms. The van der Waals surface area contributed by atoms with Gasteiger partial charge in [-0.1, -0.05) is 48.0 Å². The van der Waals surface area contributed by atoms with Crippen molar-refractivity contribution < 1.29 is 14.3 Å². The van der Waals surface area contributed by atoms with E-state index in [2.05, 4.69) is 19.1 Å². The zero-order valence-corrected chi connectivity index (χ0v) is 16.1. The summed E-state index contributed by atoms with van der Waals surface area (Å²) in [5.74, 6) is 0.657. The monoisotopic (exact) mass is 355 g/mol. The Bertz CT molecular complexity index is 668. The summed E-state index contributed by atoms with van der Waals surface area (Å²) >= 11 is 0. The third kappa shape index (κ3) is 6.89. The van der Waals surface area contributed by atoms with E-state index in [1.54, 1.807) is 0 Å². The van der Waals surface area contributed by atoms with E-state index in [0.717, 1.165) is 24.3 Å². The molecular weight excluding hydrogens is 326 g/mol. The molecule has 0 aliphatic carbocycles. The topological polar surface area (TPSA) is 38.8 Å². The normalized spacial score (nSPS) is 12.2. The molecule has 0 saturated carbocycles. The molecule has 4 heteroatoms. The molecule has 0 spiro atoms. The number of rotatable bonds is 9. The van der Waals surface area contributed by atoms with Gasteiger partial charge in [0.25, 0.3) is 0 Å². The second-order valence-corrected chi connectivity index (χ2v) is 6.90. The van der Waals surface area contributed by atoms with Crippen LogP contribution in [0.2, 0.25) is 0 Å². The van der Waals surface area contributed by atoms with Crippen molar-refractivity contribution in [2.45, 2.75) is 39.4 Å². The SMILES string of the molecule is Cc1ccc(OC(CCN(C)CC(=O)OC(C)C)c2ccccc2)cc1. The van der Waals surface area contributed by atoms with E-state index in [4.69, 9.17) is 9.47 Å². The zero-order valence-electron chi connectivity index (χ0n) is 16.1. The molecule has 0 aliphatic rings. The van der Waals surface area contributed by atoms with Gasteiger partial charge in [0.1, 0.15) is 11.9 Å². The highest BCUT2D eigenvalue weighted by Crippen LogP contribution is 2.25. The molecular formula is C22H29NO3. The Morgan fingerprint density at radius 2 is 1.69 bits per heavy atom. The van der Waals surface area contributed by atoms with E-state index < -0.39 is 0 Å². The standard InChI is InChI=1S/C22H29NO3/c1-17(2)25-22(24)16-23(4)15-14-21(19-8-6-5-7-9-19)26-20-12-10-18(3)11-13-20/h5-13,17,21H,14-16H2,1-4H3. The average molecular weight is 355 g/mol. The van der Waals surface area contributed by atoms with E-state index in [1.165, 1.54) is 5.56 Å². The van der Waals surface area contributed by atoms with Gasteiger partial charge < -0.3 is 9.47 Å². The van der Waals surface area contributed by atoms with Crippen molar-refractivity contribution in [3.63, 3.8) is 0 Å². The van der Waals surface area contributed by atoms with E-state index in [9.17, 15) is 4.79 Å². The fraction of sp³-hybridized carbons (Fsp3) is 0.409. The first-order chi connectivity index (χ1) is 12.4. The van der Waals surface area contributed by atoms with Crippen molar-refractivity contribution in [2.24, 2.45) is 0 Å². The molecule has 0 bridgehead atoms. The van der Waals surface area contributed by atoms with Crippen LogP contribution in [0.15, 0.2) is 54.6 Å². The number of esters is 1. The summed E-state index contributed by atoms with van der Waals surface area (Å²) < 4.78 is 11.4. The zero-order chi connectivity index (χ0) is 18.9. The summed E-state index contributed by atoms with van der Waals surface area (Å²) in [6, 6.07) is 18.3. The molecule has 140 valence electrons. The van der Waals surface area contributed by atoms with Crippen LogP contribution in [0.4, 0.5) is 0 Å². The number of carbonyl (C=O) groups is 1. The molecule has 1 unspecified atom stereocenters. The maximum absolute atomic E-state index is 11.8. The maximum atomic E-state index is 11.8. The van der Waals surface area contributed by atoms with Gasteiger partial charge in [-0.15, -0.1) is 0 Å². The minimum atomic E-state index is -0.196. The minimum Gasteiger partial charge on any atom is -0.486 e. The van der Waals surface area contributed by atoms with Crippen LogP contribution in [0, 0.1) is 6.92 Å². The van der Waals surface area contributed by atoms with Crippen molar-refractivity contribution in [1.82, 2.24) is 4.90 Å². The van der Waals surface area contributed by atoms with E-state index in [0.29, 0.717) is 0 Å². The molecule has 2 aromatic rings. The van der Waals surface area contributed by atoms with Gasteiger partial charge in [0.2, 0.25) is 0 Å². The van der Waals surface area contributed by atoms with Gasteiger partial charge in [-0.05, 0) is 45.5 Å². The van der Waals surface area contributed by atoms with Gasteiger partial charge in [0.05, 0.1) is 12.6 Å². The van der Waals surface area contributed by atoms with E-state index >= 15 is 0 Å². The highest BCUT2D eigenvalue weighted by atomic mass is 16.5. The van der Waals surface area contributed by atoms with Gasteiger partial charge >= 0.3 is 5.97 Å². The van der Waals surface area contributed by atoms with Crippen LogP contribution in [0.25, 0.3) is 0 Å². The van der Waals surface area contributed by atoms with Gasteiger partial charge in [-0.25, -0.2) is 0 Å². The average Bonchev–Trinajstić information content (AvgIpc) is 2.60. The number of carbonyl (C=O) groups excluding carboxylic acids is 1. The highest BCUT2D eigenvalue weighted by molar-refractivity contribution is 5.71. The smallest absolute Gasteiger partial charge is 0.320 e. The van der Waals surface area contributed by atoms with E-state index in [-0.39, 0.29) is 24.7 Å². The summed E-state index contributed by atoms with van der Waals surface area (Å²) in [5, 5.41) is 0. The van der Waals surface area contributed by atoms with Crippen LogP contribution >= 0.6 is 0 Å². The third-order valence-corrected chi connectivity index (χ3v) is 4.01. The Balaban J connectivity index is 1.98.